The Bertz CT molecular complexity index is 1500. The van der Waals surface area contributed by atoms with E-state index in [1.165, 1.54) is 0 Å². The summed E-state index contributed by atoms with van der Waals surface area (Å²) in [5.41, 5.74) is 8.61. The first-order valence-electron chi connectivity index (χ1n) is 11.8. The van der Waals surface area contributed by atoms with Crippen molar-refractivity contribution >= 4 is 46.0 Å². The Labute approximate surface area is 217 Å². The number of carbonyl (C=O) groups is 2. The predicted molar refractivity (Wildman–Crippen MR) is 146 cm³/mol. The lowest BCUT2D eigenvalue weighted by molar-refractivity contribution is -0.123. The van der Waals surface area contributed by atoms with E-state index in [0.29, 0.717) is 11.5 Å². The molecule has 2 aromatic heterocycles. The lowest BCUT2D eigenvalue weighted by Crippen LogP contribution is -2.25. The zero-order valence-corrected chi connectivity index (χ0v) is 20.2. The van der Waals surface area contributed by atoms with E-state index < -0.39 is 11.8 Å². The smallest absolute Gasteiger partial charge is 0.277 e. The lowest BCUT2D eigenvalue weighted by atomic mass is 10.2. The summed E-state index contributed by atoms with van der Waals surface area (Å²) in [5, 5.41) is 10.00. The molecule has 0 unspecified atom stereocenters. The first-order valence-corrected chi connectivity index (χ1v) is 11.8. The Hall–Kier alpha value is -5.38. The molecular weight excluding hydrogens is 484 g/mol. The van der Waals surface area contributed by atoms with Crippen LogP contribution in [0.4, 0.5) is 0 Å². The van der Waals surface area contributed by atoms with Crippen LogP contribution in [0.3, 0.4) is 0 Å². The van der Waals surface area contributed by atoms with Crippen LogP contribution in [-0.4, -0.2) is 47.4 Å². The molecule has 190 valence electrons. The third-order valence-corrected chi connectivity index (χ3v) is 5.59. The highest BCUT2D eigenvalue weighted by Gasteiger charge is 2.05. The van der Waals surface area contributed by atoms with Crippen molar-refractivity contribution in [3.05, 3.63) is 96.3 Å². The normalized spacial score (nSPS) is 11.4. The number of hydrogen-bond donors (Lipinski definition) is 4. The maximum absolute atomic E-state index is 12.0. The molecule has 0 aliphatic carbocycles. The summed E-state index contributed by atoms with van der Waals surface area (Å²) in [4.78, 5) is 30.4. The van der Waals surface area contributed by atoms with Gasteiger partial charge < -0.3 is 19.4 Å². The molecule has 2 heterocycles. The number of ether oxygens (including phenoxy) is 2. The first kappa shape index (κ1) is 24.3. The fraction of sp³-hybridized carbons (Fsp3) is 0.0714. The molecule has 0 aliphatic rings. The molecule has 4 N–H and O–H groups in total. The molecule has 38 heavy (non-hydrogen) atoms. The van der Waals surface area contributed by atoms with Crippen LogP contribution in [0.1, 0.15) is 11.1 Å². The molecule has 5 rings (SSSR count). The third-order valence-electron chi connectivity index (χ3n) is 5.59. The van der Waals surface area contributed by atoms with E-state index >= 15 is 0 Å². The summed E-state index contributed by atoms with van der Waals surface area (Å²) < 4.78 is 11.0. The number of hydrogen-bond acceptors (Lipinski definition) is 6. The van der Waals surface area contributed by atoms with E-state index in [1.54, 1.807) is 36.7 Å². The van der Waals surface area contributed by atoms with E-state index in [-0.39, 0.29) is 13.2 Å². The molecule has 0 fully saturated rings. The average molecular weight is 509 g/mol. The maximum Gasteiger partial charge on any atom is 0.277 e. The van der Waals surface area contributed by atoms with Crippen LogP contribution < -0.4 is 20.3 Å². The quantitative estimate of drug-likeness (QED) is 0.169. The summed E-state index contributed by atoms with van der Waals surface area (Å²) in [6, 6.07) is 22.2. The minimum atomic E-state index is -0.397. The molecule has 2 amide bonds. The van der Waals surface area contributed by atoms with Gasteiger partial charge in [-0.05, 0) is 36.4 Å². The second kappa shape index (κ2) is 11.6. The Morgan fingerprint density at radius 2 is 1.08 bits per heavy atom. The SMILES string of the molecule is O=C(COc1ccc(OCC(=O)N/N=C/c2c[nH]c3ccccc23)cc1)N/N=C/c1c[nH]c2ccccc12. The summed E-state index contributed by atoms with van der Waals surface area (Å²) in [7, 11) is 0. The van der Waals surface area contributed by atoms with Crippen molar-refractivity contribution in [2.45, 2.75) is 0 Å². The first-order chi connectivity index (χ1) is 18.7. The van der Waals surface area contributed by atoms with Gasteiger partial charge in [0.05, 0.1) is 12.4 Å². The minimum absolute atomic E-state index is 0.206. The lowest BCUT2D eigenvalue weighted by Gasteiger charge is -2.07. The molecule has 0 bridgehead atoms. The molecule has 0 saturated carbocycles. The van der Waals surface area contributed by atoms with Crippen LogP contribution in [0.5, 0.6) is 11.5 Å². The van der Waals surface area contributed by atoms with Crippen LogP contribution in [0.15, 0.2) is 95.4 Å². The van der Waals surface area contributed by atoms with Crippen LogP contribution in [0, 0.1) is 0 Å². The topological polar surface area (TPSA) is 133 Å². The molecule has 0 aliphatic heterocycles. The van der Waals surface area contributed by atoms with Crippen LogP contribution in [0.25, 0.3) is 21.8 Å². The fourth-order valence-electron chi connectivity index (χ4n) is 3.74. The van der Waals surface area contributed by atoms with Gasteiger partial charge in [0.15, 0.2) is 13.2 Å². The van der Waals surface area contributed by atoms with E-state index in [0.717, 1.165) is 32.9 Å². The maximum atomic E-state index is 12.0. The van der Waals surface area contributed by atoms with Gasteiger partial charge in [0, 0.05) is 45.3 Å². The monoisotopic (exact) mass is 508 g/mol. The highest BCUT2D eigenvalue weighted by atomic mass is 16.5. The largest absolute Gasteiger partial charge is 0.484 e. The van der Waals surface area contributed by atoms with Gasteiger partial charge in [0.1, 0.15) is 11.5 Å². The molecule has 0 saturated heterocycles. The number of carbonyl (C=O) groups excluding carboxylic acids is 2. The van der Waals surface area contributed by atoms with E-state index in [2.05, 4.69) is 31.0 Å². The average Bonchev–Trinajstić information content (AvgIpc) is 3.56. The number of rotatable bonds is 10. The van der Waals surface area contributed by atoms with Crippen molar-refractivity contribution in [3.8, 4) is 11.5 Å². The summed E-state index contributed by atoms with van der Waals surface area (Å²) in [6.07, 6.45) is 6.80. The van der Waals surface area contributed by atoms with Gasteiger partial charge in [0.25, 0.3) is 11.8 Å². The predicted octanol–water partition coefficient (Wildman–Crippen LogP) is 3.71. The number of hydrazone groups is 2. The summed E-state index contributed by atoms with van der Waals surface area (Å²) in [5.74, 6) is 0.152. The number of para-hydroxylation sites is 2. The van der Waals surface area contributed by atoms with Gasteiger partial charge in [-0.1, -0.05) is 36.4 Å². The standard InChI is InChI=1S/C28H24N6O4/c35-27(33-31-15-19-13-29-25-7-3-1-5-23(19)25)17-37-21-9-11-22(12-10-21)38-18-28(36)34-32-16-20-14-30-26-8-4-2-6-24(20)26/h1-16,29-30H,17-18H2,(H,33,35)(H,34,36)/b31-15+,32-16+. The number of aromatic nitrogens is 2. The Morgan fingerprint density at radius 3 is 1.53 bits per heavy atom. The fourth-order valence-corrected chi connectivity index (χ4v) is 3.74. The second-order valence-electron chi connectivity index (χ2n) is 8.21. The van der Waals surface area contributed by atoms with Gasteiger partial charge in [0.2, 0.25) is 0 Å². The summed E-state index contributed by atoms with van der Waals surface area (Å²) in [6.45, 7) is -0.412. The van der Waals surface area contributed by atoms with Crippen molar-refractivity contribution < 1.29 is 19.1 Å². The van der Waals surface area contributed by atoms with Crippen LogP contribution in [0.2, 0.25) is 0 Å². The Balaban J connectivity index is 1.02. The summed E-state index contributed by atoms with van der Waals surface area (Å²) >= 11 is 0. The number of aromatic amines is 2. The van der Waals surface area contributed by atoms with Crippen LogP contribution in [-0.2, 0) is 9.59 Å². The molecule has 0 radical (unpaired) electrons. The molecular formula is C28H24N6O4. The zero-order valence-electron chi connectivity index (χ0n) is 20.2. The van der Waals surface area contributed by atoms with Gasteiger partial charge in [-0.2, -0.15) is 10.2 Å². The van der Waals surface area contributed by atoms with E-state index in [9.17, 15) is 9.59 Å². The second-order valence-corrected chi connectivity index (χ2v) is 8.21. The van der Waals surface area contributed by atoms with Crippen molar-refractivity contribution in [3.63, 3.8) is 0 Å². The number of fused-ring (bicyclic) bond motifs is 2. The zero-order chi connectivity index (χ0) is 26.2. The minimum Gasteiger partial charge on any atom is -0.484 e. The Kier molecular flexibility index (Phi) is 7.40. The number of H-pyrrole nitrogens is 2. The van der Waals surface area contributed by atoms with Gasteiger partial charge in [-0.3, -0.25) is 9.59 Å². The molecule has 10 nitrogen and oxygen atoms in total. The highest BCUT2D eigenvalue weighted by Crippen LogP contribution is 2.18. The van der Waals surface area contributed by atoms with Gasteiger partial charge in [-0.25, -0.2) is 10.9 Å². The Morgan fingerprint density at radius 1 is 0.658 bits per heavy atom. The van der Waals surface area contributed by atoms with Crippen molar-refractivity contribution in [2.75, 3.05) is 13.2 Å². The number of nitrogens with zero attached hydrogens (tertiary/aromatic N) is 2. The number of benzene rings is 3. The highest BCUT2D eigenvalue weighted by molar-refractivity contribution is 6.00. The molecule has 0 spiro atoms. The van der Waals surface area contributed by atoms with E-state index in [1.807, 2.05) is 60.9 Å². The van der Waals surface area contributed by atoms with Crippen LogP contribution >= 0.6 is 0 Å². The molecule has 3 aromatic carbocycles. The molecule has 10 heteroatoms. The van der Waals surface area contributed by atoms with Crippen molar-refractivity contribution in [1.29, 1.82) is 0 Å². The molecule has 0 atom stereocenters. The van der Waals surface area contributed by atoms with Gasteiger partial charge >= 0.3 is 0 Å². The number of amides is 2. The van der Waals surface area contributed by atoms with Crippen molar-refractivity contribution in [2.24, 2.45) is 10.2 Å². The van der Waals surface area contributed by atoms with Crippen molar-refractivity contribution in [1.82, 2.24) is 20.8 Å². The third kappa shape index (κ3) is 6.05. The molecule has 5 aromatic rings. The van der Waals surface area contributed by atoms with E-state index in [4.69, 9.17) is 9.47 Å². The number of nitrogens with one attached hydrogen (secondary N) is 4. The van der Waals surface area contributed by atoms with Gasteiger partial charge in [-0.15, -0.1) is 0 Å².